The zero-order valence-corrected chi connectivity index (χ0v) is 11.5. The van der Waals surface area contributed by atoms with Crippen LogP contribution in [0.3, 0.4) is 0 Å². The van der Waals surface area contributed by atoms with Gasteiger partial charge in [0, 0.05) is 17.8 Å². The van der Waals surface area contributed by atoms with Gasteiger partial charge < -0.3 is 15.4 Å². The highest BCUT2D eigenvalue weighted by Crippen LogP contribution is 2.33. The van der Waals surface area contributed by atoms with Gasteiger partial charge in [-0.25, -0.2) is 0 Å². The van der Waals surface area contributed by atoms with Crippen molar-refractivity contribution in [1.29, 1.82) is 0 Å². The highest BCUT2D eigenvalue weighted by molar-refractivity contribution is 6.30. The number of fused-ring (bicyclic) bond motifs is 1. The number of nitrogen functional groups attached to an aromatic ring is 1. The van der Waals surface area contributed by atoms with Crippen molar-refractivity contribution in [3.8, 4) is 0 Å². The summed E-state index contributed by atoms with van der Waals surface area (Å²) in [5.41, 5.74) is 9.35. The maximum Gasteiger partial charge on any atom is 0.146 e. The van der Waals surface area contributed by atoms with Gasteiger partial charge in [-0.05, 0) is 35.7 Å². The number of halogens is 1. The summed E-state index contributed by atoms with van der Waals surface area (Å²) >= 11 is 6.01. The first kappa shape index (κ1) is 12.9. The van der Waals surface area contributed by atoms with Crippen LogP contribution in [0.1, 0.15) is 17.2 Å². The topological polar surface area (TPSA) is 59.2 Å². The Hall–Kier alpha value is -2.07. The Kier molecular flexibility index (Phi) is 3.32. The number of aromatic nitrogens is 1. The summed E-state index contributed by atoms with van der Waals surface area (Å²) in [7, 11) is 0. The van der Waals surface area contributed by atoms with Crippen molar-refractivity contribution >= 4 is 29.3 Å². The van der Waals surface area contributed by atoms with Crippen molar-refractivity contribution < 1.29 is 4.79 Å². The molecule has 102 valence electrons. The van der Waals surface area contributed by atoms with Crippen LogP contribution in [0.15, 0.2) is 36.7 Å². The molecule has 1 atom stereocenters. The first-order valence-corrected chi connectivity index (χ1v) is 6.77. The van der Waals surface area contributed by atoms with E-state index in [0.717, 1.165) is 36.1 Å². The monoisotopic (exact) mass is 287 g/mol. The number of hydrogen-bond donors (Lipinski definition) is 1. The summed E-state index contributed by atoms with van der Waals surface area (Å²) in [4.78, 5) is 17.7. The number of benzene rings is 1. The fourth-order valence-electron chi connectivity index (χ4n) is 2.67. The van der Waals surface area contributed by atoms with Crippen molar-refractivity contribution in [2.24, 2.45) is 0 Å². The third-order valence-electron chi connectivity index (χ3n) is 3.59. The fraction of sp³-hybridized carbons (Fsp3) is 0.200. The van der Waals surface area contributed by atoms with Crippen LogP contribution in [-0.2, 0) is 11.2 Å². The Morgan fingerprint density at radius 2 is 2.20 bits per heavy atom. The molecule has 3 rings (SSSR count). The number of rotatable bonds is 2. The first-order chi connectivity index (χ1) is 9.69. The minimum Gasteiger partial charge on any atom is -0.397 e. The van der Waals surface area contributed by atoms with Crippen molar-refractivity contribution in [2.75, 3.05) is 17.2 Å². The quantitative estimate of drug-likeness (QED) is 0.863. The van der Waals surface area contributed by atoms with E-state index in [1.807, 2.05) is 29.2 Å². The normalized spacial score (nSPS) is 17.6. The van der Waals surface area contributed by atoms with Crippen molar-refractivity contribution in [3.63, 3.8) is 0 Å². The lowest BCUT2D eigenvalue weighted by atomic mass is 9.93. The molecule has 0 bridgehead atoms. The number of pyridine rings is 1. The Labute approximate surface area is 122 Å². The number of nitrogens with zero attached hydrogens (tertiary/aromatic N) is 2. The summed E-state index contributed by atoms with van der Waals surface area (Å²) in [5.74, 6) is 0. The molecule has 0 fully saturated rings. The summed E-state index contributed by atoms with van der Waals surface area (Å²) < 4.78 is 0. The highest BCUT2D eigenvalue weighted by atomic mass is 35.5. The summed E-state index contributed by atoms with van der Waals surface area (Å²) in [6.45, 7) is 0.738. The molecular weight excluding hydrogens is 274 g/mol. The van der Waals surface area contributed by atoms with Gasteiger partial charge in [0.1, 0.15) is 12.3 Å². The van der Waals surface area contributed by atoms with E-state index in [9.17, 15) is 4.79 Å². The maximum atomic E-state index is 11.5. The Morgan fingerprint density at radius 1 is 1.35 bits per heavy atom. The van der Waals surface area contributed by atoms with Crippen molar-refractivity contribution in [3.05, 3.63) is 52.8 Å². The molecule has 0 saturated heterocycles. The van der Waals surface area contributed by atoms with Gasteiger partial charge in [-0.15, -0.1) is 0 Å². The van der Waals surface area contributed by atoms with E-state index in [2.05, 4.69) is 4.98 Å². The van der Waals surface area contributed by atoms with Crippen LogP contribution in [0.2, 0.25) is 5.02 Å². The van der Waals surface area contributed by atoms with E-state index in [4.69, 9.17) is 17.3 Å². The zero-order valence-electron chi connectivity index (χ0n) is 10.8. The first-order valence-electron chi connectivity index (χ1n) is 6.40. The molecule has 0 spiro atoms. The molecule has 0 saturated carbocycles. The molecule has 1 aromatic carbocycles. The highest BCUT2D eigenvalue weighted by Gasteiger charge is 2.27. The molecule has 4 nitrogen and oxygen atoms in total. The molecule has 2 heterocycles. The molecule has 5 heteroatoms. The van der Waals surface area contributed by atoms with Crippen LogP contribution in [-0.4, -0.2) is 17.8 Å². The van der Waals surface area contributed by atoms with Gasteiger partial charge in [-0.2, -0.15) is 0 Å². The fourth-order valence-corrected chi connectivity index (χ4v) is 2.86. The van der Waals surface area contributed by atoms with E-state index in [1.54, 1.807) is 12.4 Å². The van der Waals surface area contributed by atoms with E-state index in [-0.39, 0.29) is 6.04 Å². The molecule has 1 aliphatic heterocycles. The van der Waals surface area contributed by atoms with Gasteiger partial charge in [0.2, 0.25) is 0 Å². The lowest BCUT2D eigenvalue weighted by Crippen LogP contribution is -2.36. The number of carbonyl (C=O) groups is 1. The number of hydrogen-bond acceptors (Lipinski definition) is 4. The van der Waals surface area contributed by atoms with Gasteiger partial charge in [0.25, 0.3) is 0 Å². The van der Waals surface area contributed by atoms with Crippen molar-refractivity contribution in [2.45, 2.75) is 12.5 Å². The summed E-state index contributed by atoms with van der Waals surface area (Å²) in [6, 6.07) is 7.19. The standard InChI is InChI=1S/C15H14ClN3O/c16-11-1-2-14-10(5-11)3-4-19(15(14)9-20)13-6-12(17)7-18-8-13/h1-2,5-9,15H,3-4,17H2. The summed E-state index contributed by atoms with van der Waals surface area (Å²) in [5, 5.41) is 0.701. The van der Waals surface area contributed by atoms with Crippen molar-refractivity contribution in [1.82, 2.24) is 4.98 Å². The van der Waals surface area contributed by atoms with E-state index in [1.165, 1.54) is 0 Å². The molecule has 0 amide bonds. The van der Waals surface area contributed by atoms with Gasteiger partial charge in [0.15, 0.2) is 0 Å². The molecule has 1 aromatic heterocycles. The minimum absolute atomic E-state index is 0.320. The number of carbonyl (C=O) groups excluding carboxylic acids is 1. The molecule has 2 aromatic rings. The molecule has 0 aliphatic carbocycles. The SMILES string of the molecule is Nc1cncc(N2CCc3cc(Cl)ccc3C2C=O)c1. The second kappa shape index (κ2) is 5.13. The third kappa shape index (κ3) is 2.23. The maximum absolute atomic E-state index is 11.5. The van der Waals surface area contributed by atoms with Crippen LogP contribution in [0.4, 0.5) is 11.4 Å². The lowest BCUT2D eigenvalue weighted by molar-refractivity contribution is -0.109. The van der Waals surface area contributed by atoms with Crippen LogP contribution in [0.5, 0.6) is 0 Å². The summed E-state index contributed by atoms with van der Waals surface area (Å²) in [6.07, 6.45) is 5.12. The average molecular weight is 288 g/mol. The van der Waals surface area contributed by atoms with Gasteiger partial charge in [-0.3, -0.25) is 4.98 Å². The molecule has 0 radical (unpaired) electrons. The largest absolute Gasteiger partial charge is 0.397 e. The van der Waals surface area contributed by atoms with Crippen LogP contribution in [0, 0.1) is 0 Å². The van der Waals surface area contributed by atoms with Gasteiger partial charge in [-0.1, -0.05) is 17.7 Å². The number of nitrogens with two attached hydrogens (primary N) is 1. The van der Waals surface area contributed by atoms with Crippen LogP contribution < -0.4 is 10.6 Å². The molecule has 20 heavy (non-hydrogen) atoms. The zero-order chi connectivity index (χ0) is 14.1. The average Bonchev–Trinajstić information content (AvgIpc) is 2.45. The molecular formula is C15H14ClN3O. The predicted octanol–water partition coefficient (Wildman–Crippen LogP) is 2.62. The Balaban J connectivity index is 2.03. The lowest BCUT2D eigenvalue weighted by Gasteiger charge is -2.35. The Morgan fingerprint density at radius 3 is 2.95 bits per heavy atom. The predicted molar refractivity (Wildman–Crippen MR) is 80.0 cm³/mol. The van der Waals surface area contributed by atoms with Crippen LogP contribution in [0.25, 0.3) is 0 Å². The minimum atomic E-state index is -0.320. The second-order valence-electron chi connectivity index (χ2n) is 4.84. The van der Waals surface area contributed by atoms with Crippen LogP contribution >= 0.6 is 11.6 Å². The smallest absolute Gasteiger partial charge is 0.146 e. The Bertz CT molecular complexity index is 659. The number of anilines is 2. The molecule has 1 unspecified atom stereocenters. The second-order valence-corrected chi connectivity index (χ2v) is 5.28. The van der Waals surface area contributed by atoms with E-state index in [0.29, 0.717) is 10.7 Å². The molecule has 1 aliphatic rings. The van der Waals surface area contributed by atoms with E-state index < -0.39 is 0 Å². The van der Waals surface area contributed by atoms with Gasteiger partial charge >= 0.3 is 0 Å². The third-order valence-corrected chi connectivity index (χ3v) is 3.82. The molecule has 2 N–H and O–H groups in total. The number of aldehydes is 1. The van der Waals surface area contributed by atoms with E-state index >= 15 is 0 Å². The van der Waals surface area contributed by atoms with Gasteiger partial charge in [0.05, 0.1) is 17.6 Å².